The number of benzene rings is 2. The van der Waals surface area contributed by atoms with Gasteiger partial charge in [0.05, 0.1) is 5.69 Å². The molecule has 1 aromatic heterocycles. The number of nitrogens with two attached hydrogens (primary N) is 1. The van der Waals surface area contributed by atoms with Crippen molar-refractivity contribution in [2.45, 2.75) is 17.5 Å². The molecule has 7 nitrogen and oxygen atoms in total. The number of rotatable bonds is 6. The first kappa shape index (κ1) is 19.2. The van der Waals surface area contributed by atoms with E-state index in [1.165, 1.54) is 11.3 Å². The van der Waals surface area contributed by atoms with Crippen LogP contribution in [0.25, 0.3) is 5.69 Å². The van der Waals surface area contributed by atoms with Gasteiger partial charge in [0, 0.05) is 36.1 Å². The third kappa shape index (κ3) is 4.30. The van der Waals surface area contributed by atoms with Crippen molar-refractivity contribution in [3.63, 3.8) is 0 Å². The maximum Gasteiger partial charge on any atom is 0.217 e. The predicted octanol–water partition coefficient (Wildman–Crippen LogP) is 2.13. The molecule has 9 heteroatoms. The summed E-state index contributed by atoms with van der Waals surface area (Å²) in [6, 6.07) is 16.0. The van der Waals surface area contributed by atoms with Crippen molar-refractivity contribution in [2.75, 3.05) is 31.3 Å². The molecule has 2 aromatic carbocycles. The minimum atomic E-state index is 0.0362. The van der Waals surface area contributed by atoms with Gasteiger partial charge in [-0.15, -0.1) is 5.10 Å². The Hall–Kier alpha value is -2.13. The second-order valence-corrected chi connectivity index (χ2v) is 8.22. The number of halogens is 1. The van der Waals surface area contributed by atoms with Gasteiger partial charge >= 0.3 is 0 Å². The van der Waals surface area contributed by atoms with Crippen LogP contribution in [0.5, 0.6) is 0 Å². The third-order valence-electron chi connectivity index (χ3n) is 4.60. The van der Waals surface area contributed by atoms with Gasteiger partial charge in [-0.25, -0.2) is 0 Å². The minimum Gasteiger partial charge on any atom is -0.378 e. The maximum atomic E-state index is 6.22. The number of aromatic nitrogens is 4. The van der Waals surface area contributed by atoms with Gasteiger partial charge < -0.3 is 15.0 Å². The lowest BCUT2D eigenvalue weighted by atomic mass is 10.2. The average Bonchev–Trinajstić information content (AvgIpc) is 3.36. The van der Waals surface area contributed by atoms with E-state index in [1.54, 1.807) is 16.4 Å². The summed E-state index contributed by atoms with van der Waals surface area (Å²) in [5.74, 6) is 0.788. The van der Waals surface area contributed by atoms with Gasteiger partial charge in [-0.2, -0.15) is 4.68 Å². The summed E-state index contributed by atoms with van der Waals surface area (Å²) in [5, 5.41) is 15.7. The molecule has 0 saturated carbocycles. The molecule has 146 valence electrons. The molecular weight excluding hydrogens is 396 g/mol. The van der Waals surface area contributed by atoms with Crippen molar-refractivity contribution >= 4 is 29.1 Å². The largest absolute Gasteiger partial charge is 0.378 e. The van der Waals surface area contributed by atoms with E-state index >= 15 is 0 Å². The number of quaternary nitrogens is 1. The Labute approximate surface area is 173 Å². The van der Waals surface area contributed by atoms with Crippen molar-refractivity contribution in [2.24, 2.45) is 0 Å². The number of ether oxygens (including phenoxy) is 1. The third-order valence-corrected chi connectivity index (χ3v) is 5.90. The van der Waals surface area contributed by atoms with Gasteiger partial charge in [0.2, 0.25) is 11.4 Å². The van der Waals surface area contributed by atoms with Gasteiger partial charge in [-0.1, -0.05) is 23.4 Å². The highest BCUT2D eigenvalue weighted by Crippen LogP contribution is 2.24. The van der Waals surface area contributed by atoms with Crippen LogP contribution in [0.3, 0.4) is 0 Å². The summed E-state index contributed by atoms with van der Waals surface area (Å²) < 4.78 is 7.94. The Morgan fingerprint density at radius 2 is 1.93 bits per heavy atom. The quantitative estimate of drug-likeness (QED) is 0.619. The normalized spacial score (nSPS) is 19.1. The van der Waals surface area contributed by atoms with Crippen LogP contribution in [0.15, 0.2) is 53.7 Å². The first-order valence-corrected chi connectivity index (χ1v) is 10.4. The standard InChI is InChI=1S/C19H21ClN6OS/c1-25(2)15-7-3-13(4-8-15)18-21-11-17(27-18)12-28-19-22-23-24-26(19)16-9-5-14(20)6-10-16/h3-10,17-18,21H,11-12H2,1-2H3/p+1/t17-,18+/m1/s1. The van der Waals surface area contributed by atoms with Crippen LogP contribution in [0.2, 0.25) is 5.02 Å². The predicted molar refractivity (Wildman–Crippen MR) is 110 cm³/mol. The van der Waals surface area contributed by atoms with E-state index in [0.29, 0.717) is 5.02 Å². The molecule has 1 saturated heterocycles. The van der Waals surface area contributed by atoms with E-state index in [-0.39, 0.29) is 12.3 Å². The number of nitrogens with zero attached hydrogens (tertiary/aromatic N) is 5. The highest BCUT2D eigenvalue weighted by molar-refractivity contribution is 7.99. The van der Waals surface area contributed by atoms with Gasteiger partial charge in [0.1, 0.15) is 12.6 Å². The molecular formula is C19H22ClN6OS+. The summed E-state index contributed by atoms with van der Waals surface area (Å²) in [6.45, 7) is 0.912. The fraction of sp³-hybridized carbons (Fsp3) is 0.316. The maximum absolute atomic E-state index is 6.22. The first-order valence-electron chi connectivity index (χ1n) is 9.03. The van der Waals surface area contributed by atoms with Crippen LogP contribution in [-0.2, 0) is 4.74 Å². The minimum absolute atomic E-state index is 0.0362. The van der Waals surface area contributed by atoms with Gasteiger partial charge in [0.25, 0.3) is 0 Å². The lowest BCUT2D eigenvalue weighted by Crippen LogP contribution is -2.82. The van der Waals surface area contributed by atoms with Crippen LogP contribution in [0.1, 0.15) is 11.8 Å². The number of thioether (sulfide) groups is 1. The van der Waals surface area contributed by atoms with E-state index in [0.717, 1.165) is 23.1 Å². The lowest BCUT2D eigenvalue weighted by molar-refractivity contribution is -0.697. The zero-order valence-electron chi connectivity index (χ0n) is 15.7. The van der Waals surface area contributed by atoms with Gasteiger partial charge in [0.15, 0.2) is 0 Å². The second kappa shape index (κ2) is 8.48. The summed E-state index contributed by atoms with van der Waals surface area (Å²) in [7, 11) is 4.08. The Morgan fingerprint density at radius 1 is 1.18 bits per heavy atom. The Balaban J connectivity index is 1.35. The fourth-order valence-corrected chi connectivity index (χ4v) is 4.09. The molecule has 0 spiro atoms. The van der Waals surface area contributed by atoms with E-state index in [4.69, 9.17) is 16.3 Å². The zero-order valence-corrected chi connectivity index (χ0v) is 17.3. The van der Waals surface area contributed by atoms with Crippen molar-refractivity contribution < 1.29 is 10.1 Å². The highest BCUT2D eigenvalue weighted by Gasteiger charge is 2.30. The molecule has 2 atom stereocenters. The molecule has 28 heavy (non-hydrogen) atoms. The summed E-state index contributed by atoms with van der Waals surface area (Å²) in [4.78, 5) is 2.09. The monoisotopic (exact) mass is 417 g/mol. The van der Waals surface area contributed by atoms with Gasteiger partial charge in [-0.3, -0.25) is 0 Å². The Bertz CT molecular complexity index is 915. The molecule has 0 radical (unpaired) electrons. The summed E-state index contributed by atoms with van der Waals surface area (Å²) >= 11 is 7.56. The number of anilines is 1. The topological polar surface area (TPSA) is 72.7 Å². The van der Waals surface area contributed by atoms with Crippen LogP contribution < -0.4 is 10.2 Å². The molecule has 1 aliphatic heterocycles. The molecule has 1 aliphatic rings. The second-order valence-electron chi connectivity index (χ2n) is 6.80. The molecule has 3 aromatic rings. The van der Waals surface area contributed by atoms with Crippen molar-refractivity contribution in [3.8, 4) is 5.69 Å². The summed E-state index contributed by atoms with van der Waals surface area (Å²) in [5.41, 5.74) is 3.25. The van der Waals surface area contributed by atoms with Gasteiger partial charge in [-0.05, 0) is 59.0 Å². The van der Waals surface area contributed by atoms with Crippen molar-refractivity contribution in [3.05, 3.63) is 59.1 Å². The average molecular weight is 418 g/mol. The highest BCUT2D eigenvalue weighted by atomic mass is 35.5. The number of hydrogen-bond donors (Lipinski definition) is 1. The molecule has 0 aliphatic carbocycles. The van der Waals surface area contributed by atoms with E-state index < -0.39 is 0 Å². The molecule has 2 heterocycles. The van der Waals surface area contributed by atoms with Crippen molar-refractivity contribution in [1.29, 1.82) is 0 Å². The van der Waals surface area contributed by atoms with Crippen LogP contribution in [0, 0.1) is 0 Å². The Kier molecular flexibility index (Phi) is 5.82. The first-order chi connectivity index (χ1) is 13.6. The van der Waals surface area contributed by atoms with Crippen LogP contribution in [-0.4, -0.2) is 52.7 Å². The fourth-order valence-electron chi connectivity index (χ4n) is 3.06. The molecule has 2 N–H and O–H groups in total. The molecule has 0 amide bonds. The Morgan fingerprint density at radius 3 is 2.64 bits per heavy atom. The van der Waals surface area contributed by atoms with E-state index in [1.807, 2.05) is 38.4 Å². The lowest BCUT2D eigenvalue weighted by Gasteiger charge is -2.14. The number of hydrogen-bond acceptors (Lipinski definition) is 6. The zero-order chi connectivity index (χ0) is 19.5. The molecule has 1 fully saturated rings. The molecule has 0 bridgehead atoms. The van der Waals surface area contributed by atoms with E-state index in [9.17, 15) is 0 Å². The SMILES string of the molecule is CN(C)c1ccc([C@H]2[NH2+]C[C@H](CSc3nnnn3-c3ccc(Cl)cc3)O2)cc1. The van der Waals surface area contributed by atoms with E-state index in [2.05, 4.69) is 50.0 Å². The van der Waals surface area contributed by atoms with Crippen molar-refractivity contribution in [1.82, 2.24) is 20.2 Å². The molecule has 4 rings (SSSR count). The van der Waals surface area contributed by atoms with Crippen LogP contribution >= 0.6 is 23.4 Å². The van der Waals surface area contributed by atoms with Crippen LogP contribution in [0.4, 0.5) is 5.69 Å². The number of tetrazole rings is 1. The smallest absolute Gasteiger partial charge is 0.217 e. The summed E-state index contributed by atoms with van der Waals surface area (Å²) in [6.07, 6.45) is 0.174. The molecule has 0 unspecified atom stereocenters.